The zero-order chi connectivity index (χ0) is 22.5. The molecule has 0 aliphatic rings. The molecule has 0 bridgehead atoms. The molecule has 0 radical (unpaired) electrons. The molecule has 2 N–H and O–H groups in total. The zero-order valence-electron chi connectivity index (χ0n) is 18.0. The van der Waals surface area contributed by atoms with E-state index in [0.717, 1.165) is 0 Å². The maximum absolute atomic E-state index is 10.9. The van der Waals surface area contributed by atoms with Crippen LogP contribution in [0.25, 0.3) is 0 Å². The fourth-order valence-electron chi connectivity index (χ4n) is 3.84. The molecular formula is C25H26N2O3Si. The van der Waals surface area contributed by atoms with Crippen molar-refractivity contribution in [1.29, 1.82) is 0 Å². The Balaban J connectivity index is 1.95. The van der Waals surface area contributed by atoms with Crippen LogP contribution in [0, 0.1) is 22.0 Å². The summed E-state index contributed by atoms with van der Waals surface area (Å²) < 4.78 is 6.71. The maximum Gasteiger partial charge on any atom is 0.292 e. The van der Waals surface area contributed by atoms with Gasteiger partial charge in [-0.2, -0.15) is 0 Å². The van der Waals surface area contributed by atoms with Crippen molar-refractivity contribution in [3.63, 3.8) is 0 Å². The van der Waals surface area contributed by atoms with Crippen LogP contribution in [0.3, 0.4) is 0 Å². The molecule has 3 aromatic rings. The second kappa shape index (κ2) is 9.17. The van der Waals surface area contributed by atoms with Gasteiger partial charge in [0.05, 0.1) is 11.5 Å². The molecule has 5 nitrogen and oxygen atoms in total. The molecule has 0 saturated carbocycles. The molecule has 3 aromatic carbocycles. The molecule has 158 valence electrons. The number of nitro groups is 1. The molecule has 0 aliphatic carbocycles. The summed E-state index contributed by atoms with van der Waals surface area (Å²) in [7, 11) is -2.64. The Morgan fingerprint density at radius 1 is 0.968 bits per heavy atom. The number of nitro benzene ring substituents is 1. The minimum atomic E-state index is -2.64. The van der Waals surface area contributed by atoms with Gasteiger partial charge in [0.1, 0.15) is 5.69 Å². The van der Waals surface area contributed by atoms with Crippen molar-refractivity contribution in [2.75, 3.05) is 12.3 Å². The summed E-state index contributed by atoms with van der Waals surface area (Å²) in [5.41, 5.74) is 6.38. The van der Waals surface area contributed by atoms with Gasteiger partial charge in [-0.3, -0.25) is 10.1 Å². The Morgan fingerprint density at radius 2 is 1.52 bits per heavy atom. The van der Waals surface area contributed by atoms with E-state index in [9.17, 15) is 10.1 Å². The number of benzene rings is 3. The molecule has 0 amide bonds. The first-order valence-corrected chi connectivity index (χ1v) is 11.9. The largest absolute Gasteiger partial charge is 0.396 e. The first kappa shape index (κ1) is 22.3. The summed E-state index contributed by atoms with van der Waals surface area (Å²) in [5, 5.41) is 13.2. The minimum absolute atomic E-state index is 0.102. The van der Waals surface area contributed by atoms with E-state index in [4.69, 9.17) is 10.2 Å². The van der Waals surface area contributed by atoms with E-state index in [1.807, 2.05) is 36.4 Å². The normalized spacial score (nSPS) is 11.5. The third kappa shape index (κ3) is 4.69. The van der Waals surface area contributed by atoms with Crippen LogP contribution in [0.15, 0.2) is 78.9 Å². The summed E-state index contributed by atoms with van der Waals surface area (Å²) in [6, 6.07) is 25.2. The number of nitrogens with zero attached hydrogens (tertiary/aromatic N) is 1. The Morgan fingerprint density at radius 3 is 1.97 bits per heavy atom. The van der Waals surface area contributed by atoms with Crippen molar-refractivity contribution in [3.8, 4) is 11.8 Å². The monoisotopic (exact) mass is 430 g/mol. The van der Waals surface area contributed by atoms with Crippen molar-refractivity contribution < 1.29 is 9.35 Å². The molecule has 31 heavy (non-hydrogen) atoms. The van der Waals surface area contributed by atoms with Gasteiger partial charge in [-0.25, -0.2) is 0 Å². The molecule has 0 spiro atoms. The Hall–Kier alpha value is -3.40. The van der Waals surface area contributed by atoms with E-state index < -0.39 is 13.2 Å². The van der Waals surface area contributed by atoms with Crippen LogP contribution in [0.4, 0.5) is 11.4 Å². The fraction of sp³-hybridized carbons (Fsp3) is 0.200. The lowest BCUT2D eigenvalue weighted by molar-refractivity contribution is -0.383. The van der Waals surface area contributed by atoms with E-state index >= 15 is 0 Å². The van der Waals surface area contributed by atoms with Gasteiger partial charge in [-0.1, -0.05) is 93.3 Å². The van der Waals surface area contributed by atoms with Gasteiger partial charge in [0.25, 0.3) is 14.0 Å². The second-order valence-corrected chi connectivity index (χ2v) is 12.6. The lowest BCUT2D eigenvalue weighted by Crippen LogP contribution is -2.66. The van der Waals surface area contributed by atoms with Crippen LogP contribution in [0.5, 0.6) is 0 Å². The predicted molar refractivity (Wildman–Crippen MR) is 128 cm³/mol. The molecule has 0 aromatic heterocycles. The number of hydrogen-bond acceptors (Lipinski definition) is 4. The van der Waals surface area contributed by atoms with Gasteiger partial charge >= 0.3 is 0 Å². The van der Waals surface area contributed by atoms with E-state index in [-0.39, 0.29) is 23.0 Å². The highest BCUT2D eigenvalue weighted by atomic mass is 28.4. The molecule has 0 fully saturated rings. The summed E-state index contributed by atoms with van der Waals surface area (Å²) in [6.07, 6.45) is 0. The standard InChI is InChI=1S/C25H26N2O3Si/c1-25(2,3)31(21-12-6-4-7-13-21,22-14-8-5-9-15-22)30-18-10-11-20-16-17-24(27(28)29)23(26)19-20/h4-9,12-17,19H,18,26H2,1-3H3. The molecule has 0 heterocycles. The summed E-state index contributed by atoms with van der Waals surface area (Å²) >= 11 is 0. The topological polar surface area (TPSA) is 78.4 Å². The smallest absolute Gasteiger partial charge is 0.292 e. The van der Waals surface area contributed by atoms with Gasteiger partial charge in [0, 0.05) is 11.6 Å². The van der Waals surface area contributed by atoms with E-state index in [1.54, 1.807) is 6.07 Å². The minimum Gasteiger partial charge on any atom is -0.396 e. The van der Waals surface area contributed by atoms with Crippen molar-refractivity contribution in [1.82, 2.24) is 0 Å². The molecular weight excluding hydrogens is 404 g/mol. The SMILES string of the molecule is CC(C)(C)[Si](OCC#Cc1ccc([N+](=O)[O-])c(N)c1)(c1ccccc1)c1ccccc1. The molecule has 6 heteroatoms. The number of anilines is 1. The molecule has 0 aliphatic heterocycles. The number of rotatable bonds is 5. The van der Waals surface area contributed by atoms with Crippen LogP contribution >= 0.6 is 0 Å². The summed E-state index contributed by atoms with van der Waals surface area (Å²) in [6.45, 7) is 6.88. The van der Waals surface area contributed by atoms with Crippen molar-refractivity contribution in [3.05, 3.63) is 94.5 Å². The first-order chi connectivity index (χ1) is 14.8. The average Bonchev–Trinajstić information content (AvgIpc) is 2.74. The lowest BCUT2D eigenvalue weighted by Gasteiger charge is -2.42. The highest BCUT2D eigenvalue weighted by Crippen LogP contribution is 2.36. The van der Waals surface area contributed by atoms with E-state index in [1.165, 1.54) is 22.5 Å². The van der Waals surface area contributed by atoms with Crippen LogP contribution in [0.2, 0.25) is 5.04 Å². The average molecular weight is 431 g/mol. The third-order valence-corrected chi connectivity index (χ3v) is 10.2. The van der Waals surface area contributed by atoms with Crippen molar-refractivity contribution in [2.24, 2.45) is 0 Å². The van der Waals surface area contributed by atoms with Crippen LogP contribution in [0.1, 0.15) is 26.3 Å². The van der Waals surface area contributed by atoms with E-state index in [0.29, 0.717) is 5.56 Å². The Bertz CT molecular complexity index is 1070. The zero-order valence-corrected chi connectivity index (χ0v) is 19.0. The predicted octanol–water partition coefficient (Wildman–Crippen LogP) is 4.11. The number of hydrogen-bond donors (Lipinski definition) is 1. The van der Waals surface area contributed by atoms with Gasteiger partial charge < -0.3 is 10.2 Å². The highest BCUT2D eigenvalue weighted by Gasteiger charge is 2.49. The lowest BCUT2D eigenvalue weighted by atomic mass is 10.2. The summed E-state index contributed by atoms with van der Waals surface area (Å²) in [4.78, 5) is 10.4. The van der Waals surface area contributed by atoms with Crippen LogP contribution in [-0.2, 0) is 4.43 Å². The quantitative estimate of drug-likeness (QED) is 0.217. The van der Waals surface area contributed by atoms with Gasteiger partial charge in [0.2, 0.25) is 0 Å². The van der Waals surface area contributed by atoms with Gasteiger partial charge in [-0.05, 0) is 27.5 Å². The second-order valence-electron chi connectivity index (χ2n) is 8.28. The molecule has 0 atom stereocenters. The van der Waals surface area contributed by atoms with E-state index in [2.05, 4.69) is 56.9 Å². The number of nitrogens with two attached hydrogens (primary N) is 1. The van der Waals surface area contributed by atoms with Gasteiger partial charge in [-0.15, -0.1) is 0 Å². The fourth-order valence-corrected chi connectivity index (χ4v) is 8.29. The summed E-state index contributed by atoms with van der Waals surface area (Å²) in [5.74, 6) is 6.10. The maximum atomic E-state index is 10.9. The third-order valence-electron chi connectivity index (χ3n) is 5.23. The number of nitrogen functional groups attached to an aromatic ring is 1. The van der Waals surface area contributed by atoms with Crippen LogP contribution < -0.4 is 16.1 Å². The van der Waals surface area contributed by atoms with Crippen molar-refractivity contribution >= 4 is 30.1 Å². The van der Waals surface area contributed by atoms with Crippen LogP contribution in [-0.4, -0.2) is 19.8 Å². The van der Waals surface area contributed by atoms with Crippen molar-refractivity contribution in [2.45, 2.75) is 25.8 Å². The Kier molecular flexibility index (Phi) is 6.59. The molecule has 0 saturated heterocycles. The highest BCUT2D eigenvalue weighted by molar-refractivity contribution is 6.99. The first-order valence-electron chi connectivity index (χ1n) is 10.0. The molecule has 0 unspecified atom stereocenters. The molecule has 3 rings (SSSR count). The van der Waals surface area contributed by atoms with Gasteiger partial charge in [0.15, 0.2) is 0 Å². The Labute approximate surface area is 184 Å².